The highest BCUT2D eigenvalue weighted by molar-refractivity contribution is 7.83. The van der Waals surface area contributed by atoms with Crippen LogP contribution in [0.5, 0.6) is 0 Å². The van der Waals surface area contributed by atoms with Crippen molar-refractivity contribution in [1.82, 2.24) is 4.98 Å². The first kappa shape index (κ1) is 19.4. The Morgan fingerprint density at radius 2 is 1.64 bits per heavy atom. The number of rotatable bonds is 7. The van der Waals surface area contributed by atoms with E-state index in [0.717, 1.165) is 11.1 Å². The molecule has 7 heteroatoms. The molecule has 0 aliphatic carbocycles. The van der Waals surface area contributed by atoms with Gasteiger partial charge in [-0.1, -0.05) is 42.5 Å². The summed E-state index contributed by atoms with van der Waals surface area (Å²) in [5.41, 5.74) is 2.40. The van der Waals surface area contributed by atoms with Gasteiger partial charge in [0.05, 0.1) is 0 Å². The van der Waals surface area contributed by atoms with Crippen LogP contribution in [0.1, 0.15) is 32.0 Å². The molecule has 28 heavy (non-hydrogen) atoms. The minimum Gasteiger partial charge on any atom is -0.477 e. The SMILES string of the molecule is O=C(Nc1cccc(C[S@](=O)Cc2ccccc2)c1)c1ccnc(C(=O)O)c1. The van der Waals surface area contributed by atoms with Gasteiger partial charge < -0.3 is 10.4 Å². The lowest BCUT2D eigenvalue weighted by Gasteiger charge is -2.08. The Labute approximate surface area is 164 Å². The van der Waals surface area contributed by atoms with Crippen LogP contribution in [0.15, 0.2) is 72.9 Å². The van der Waals surface area contributed by atoms with Gasteiger partial charge in [-0.15, -0.1) is 0 Å². The van der Waals surface area contributed by atoms with Crippen LogP contribution in [0.3, 0.4) is 0 Å². The number of pyridine rings is 1. The van der Waals surface area contributed by atoms with E-state index in [0.29, 0.717) is 17.2 Å². The molecule has 1 atom stereocenters. The molecular weight excluding hydrogens is 376 g/mol. The molecule has 0 aliphatic heterocycles. The summed E-state index contributed by atoms with van der Waals surface area (Å²) < 4.78 is 12.4. The summed E-state index contributed by atoms with van der Waals surface area (Å²) in [5, 5.41) is 11.7. The molecule has 0 bridgehead atoms. The topological polar surface area (TPSA) is 96.4 Å². The second-order valence-electron chi connectivity index (χ2n) is 6.10. The molecule has 0 saturated heterocycles. The third-order valence-corrected chi connectivity index (χ3v) is 5.23. The molecule has 0 radical (unpaired) electrons. The van der Waals surface area contributed by atoms with Crippen molar-refractivity contribution in [2.75, 3.05) is 5.32 Å². The van der Waals surface area contributed by atoms with Gasteiger partial charge in [-0.25, -0.2) is 9.78 Å². The Morgan fingerprint density at radius 3 is 2.39 bits per heavy atom. The number of hydrogen-bond donors (Lipinski definition) is 2. The number of carbonyl (C=O) groups is 2. The summed E-state index contributed by atoms with van der Waals surface area (Å²) in [5.74, 6) is -0.798. The van der Waals surface area contributed by atoms with Crippen LogP contribution in [-0.2, 0) is 22.3 Å². The maximum Gasteiger partial charge on any atom is 0.354 e. The van der Waals surface area contributed by atoms with Gasteiger partial charge >= 0.3 is 5.97 Å². The predicted molar refractivity (Wildman–Crippen MR) is 108 cm³/mol. The molecule has 1 aromatic heterocycles. The summed E-state index contributed by atoms with van der Waals surface area (Å²) in [6.45, 7) is 0. The molecule has 0 aliphatic rings. The Hall–Kier alpha value is -3.32. The first-order chi connectivity index (χ1) is 13.5. The summed E-state index contributed by atoms with van der Waals surface area (Å²) in [4.78, 5) is 27.1. The van der Waals surface area contributed by atoms with E-state index in [-0.39, 0.29) is 11.3 Å². The molecule has 142 valence electrons. The highest BCUT2D eigenvalue weighted by Crippen LogP contribution is 2.15. The minimum atomic E-state index is -1.20. The molecule has 1 amide bonds. The zero-order valence-electron chi connectivity index (χ0n) is 14.9. The smallest absolute Gasteiger partial charge is 0.354 e. The van der Waals surface area contributed by atoms with Crippen molar-refractivity contribution in [3.8, 4) is 0 Å². The number of anilines is 1. The van der Waals surface area contributed by atoms with Gasteiger partial charge in [-0.2, -0.15) is 0 Å². The lowest BCUT2D eigenvalue weighted by molar-refractivity contribution is 0.0690. The van der Waals surface area contributed by atoms with Crippen molar-refractivity contribution in [3.05, 3.63) is 95.3 Å². The molecule has 2 N–H and O–H groups in total. The minimum absolute atomic E-state index is 0.197. The van der Waals surface area contributed by atoms with Gasteiger partial charge in [0.2, 0.25) is 0 Å². The van der Waals surface area contributed by atoms with E-state index in [4.69, 9.17) is 5.11 Å². The first-order valence-corrected chi connectivity index (χ1v) is 9.98. The molecule has 6 nitrogen and oxygen atoms in total. The van der Waals surface area contributed by atoms with E-state index in [1.165, 1.54) is 18.3 Å². The normalized spacial score (nSPS) is 11.6. The van der Waals surface area contributed by atoms with E-state index >= 15 is 0 Å². The average Bonchev–Trinajstić information content (AvgIpc) is 2.69. The fourth-order valence-electron chi connectivity index (χ4n) is 2.63. The highest BCUT2D eigenvalue weighted by Gasteiger charge is 2.11. The monoisotopic (exact) mass is 394 g/mol. The van der Waals surface area contributed by atoms with Gasteiger partial charge in [0.25, 0.3) is 5.91 Å². The quantitative estimate of drug-likeness (QED) is 0.640. The van der Waals surface area contributed by atoms with Crippen molar-refractivity contribution < 1.29 is 18.9 Å². The molecule has 0 saturated carbocycles. The van der Waals surface area contributed by atoms with Crippen LogP contribution < -0.4 is 5.32 Å². The van der Waals surface area contributed by atoms with Crippen LogP contribution in [-0.4, -0.2) is 26.2 Å². The number of nitrogens with zero attached hydrogens (tertiary/aromatic N) is 1. The third-order valence-electron chi connectivity index (χ3n) is 3.92. The molecule has 0 spiro atoms. The number of benzene rings is 2. The average molecular weight is 394 g/mol. The van der Waals surface area contributed by atoms with E-state index in [1.807, 2.05) is 36.4 Å². The molecule has 0 fully saturated rings. The molecule has 3 aromatic rings. The number of carboxylic acid groups (broad SMARTS) is 1. The van der Waals surface area contributed by atoms with Crippen LogP contribution in [0.2, 0.25) is 0 Å². The fourth-order valence-corrected chi connectivity index (χ4v) is 3.85. The molecule has 0 unspecified atom stereocenters. The lowest BCUT2D eigenvalue weighted by atomic mass is 10.2. The number of nitrogens with one attached hydrogen (secondary N) is 1. The van der Waals surface area contributed by atoms with Gasteiger partial charge in [-0.05, 0) is 35.4 Å². The van der Waals surface area contributed by atoms with E-state index in [2.05, 4.69) is 10.3 Å². The maximum absolute atomic E-state index is 12.4. The van der Waals surface area contributed by atoms with E-state index in [9.17, 15) is 13.8 Å². The van der Waals surface area contributed by atoms with Crippen molar-refractivity contribution in [2.45, 2.75) is 11.5 Å². The van der Waals surface area contributed by atoms with Crippen molar-refractivity contribution in [3.63, 3.8) is 0 Å². The largest absolute Gasteiger partial charge is 0.477 e. The van der Waals surface area contributed by atoms with Crippen LogP contribution in [0, 0.1) is 0 Å². The van der Waals surface area contributed by atoms with Gasteiger partial charge in [0.1, 0.15) is 5.69 Å². The number of amides is 1. The van der Waals surface area contributed by atoms with Crippen LogP contribution in [0.4, 0.5) is 5.69 Å². The standard InChI is InChI=1S/C21H18N2O4S/c24-20(17-9-10-22-19(12-17)21(25)26)23-18-8-4-7-16(11-18)14-28(27)13-15-5-2-1-3-6-15/h1-12H,13-14H2,(H,23,24)(H,25,26)/t28-/m1/s1. The molecule has 3 rings (SSSR count). The highest BCUT2D eigenvalue weighted by atomic mass is 32.2. The summed E-state index contributed by atoms with van der Waals surface area (Å²) >= 11 is 0. The second kappa shape index (κ2) is 9.05. The second-order valence-corrected chi connectivity index (χ2v) is 7.56. The van der Waals surface area contributed by atoms with Crippen LogP contribution >= 0.6 is 0 Å². The number of aromatic carboxylic acids is 1. The Morgan fingerprint density at radius 1 is 0.929 bits per heavy atom. The summed E-state index contributed by atoms with van der Waals surface area (Å²) in [6.07, 6.45) is 1.28. The maximum atomic E-state index is 12.4. The van der Waals surface area contributed by atoms with E-state index in [1.54, 1.807) is 18.2 Å². The molecule has 1 heterocycles. The summed E-state index contributed by atoms with van der Waals surface area (Å²) in [7, 11) is -1.07. The Kier molecular flexibility index (Phi) is 6.29. The van der Waals surface area contributed by atoms with E-state index < -0.39 is 22.7 Å². The van der Waals surface area contributed by atoms with Crippen molar-refractivity contribution in [1.29, 1.82) is 0 Å². The Balaban J connectivity index is 1.66. The number of aromatic nitrogens is 1. The fraction of sp³-hybridized carbons (Fsp3) is 0.0952. The lowest BCUT2D eigenvalue weighted by Crippen LogP contribution is -2.13. The molecule has 2 aromatic carbocycles. The number of hydrogen-bond acceptors (Lipinski definition) is 4. The zero-order valence-corrected chi connectivity index (χ0v) is 15.7. The zero-order chi connectivity index (χ0) is 19.9. The van der Waals surface area contributed by atoms with Gasteiger partial charge in [0, 0.05) is 39.8 Å². The van der Waals surface area contributed by atoms with Gasteiger partial charge in [0.15, 0.2) is 0 Å². The number of carboxylic acids is 1. The number of carbonyl (C=O) groups excluding carboxylic acids is 1. The van der Waals surface area contributed by atoms with Crippen molar-refractivity contribution in [2.24, 2.45) is 0 Å². The summed E-state index contributed by atoms with van der Waals surface area (Å²) in [6, 6.07) is 19.4. The third kappa shape index (κ3) is 5.34. The van der Waals surface area contributed by atoms with Gasteiger partial charge in [-0.3, -0.25) is 9.00 Å². The predicted octanol–water partition coefficient (Wildman–Crippen LogP) is 3.48. The first-order valence-electron chi connectivity index (χ1n) is 8.50. The Bertz CT molecular complexity index is 1020. The molecular formula is C21H18N2O4S. The van der Waals surface area contributed by atoms with Crippen LogP contribution in [0.25, 0.3) is 0 Å². The van der Waals surface area contributed by atoms with Crippen molar-refractivity contribution >= 4 is 28.4 Å².